The van der Waals surface area contributed by atoms with Crippen LogP contribution in [-0.2, 0) is 0 Å². The van der Waals surface area contributed by atoms with E-state index in [0.29, 0.717) is 0 Å². The lowest BCUT2D eigenvalue weighted by atomic mass is 9.75. The summed E-state index contributed by atoms with van der Waals surface area (Å²) in [6.45, 7) is 0. The number of hydrogen-bond acceptors (Lipinski definition) is 0. The third-order valence-electron chi connectivity index (χ3n) is 5.28. The van der Waals surface area contributed by atoms with E-state index < -0.39 is 0 Å². The number of rotatable bonds is 0. The van der Waals surface area contributed by atoms with E-state index in [9.17, 15) is 0 Å². The Kier molecular flexibility index (Phi) is 2.18. The van der Waals surface area contributed by atoms with E-state index in [1.54, 1.807) is 16.7 Å². The largest absolute Gasteiger partial charge is 0.0622 e. The average molecular weight is 224 g/mol. The van der Waals surface area contributed by atoms with Gasteiger partial charge in [-0.25, -0.2) is 0 Å². The summed E-state index contributed by atoms with van der Waals surface area (Å²) >= 11 is 0. The molecule has 0 spiro atoms. The van der Waals surface area contributed by atoms with Gasteiger partial charge in [0.2, 0.25) is 0 Å². The zero-order valence-electron chi connectivity index (χ0n) is 10.4. The van der Waals surface area contributed by atoms with Crippen LogP contribution in [0.4, 0.5) is 0 Å². The Balaban J connectivity index is 1.85. The molecule has 0 amide bonds. The Morgan fingerprint density at radius 3 is 2.82 bits per heavy atom. The number of allylic oxidation sites excluding steroid dienone is 8. The molecule has 0 bridgehead atoms. The van der Waals surface area contributed by atoms with Gasteiger partial charge in [0.05, 0.1) is 0 Å². The van der Waals surface area contributed by atoms with Gasteiger partial charge in [-0.05, 0) is 60.2 Å². The molecule has 0 aromatic carbocycles. The van der Waals surface area contributed by atoms with Gasteiger partial charge in [-0.1, -0.05) is 43.2 Å². The molecule has 88 valence electrons. The minimum absolute atomic E-state index is 0.898. The highest BCUT2D eigenvalue weighted by molar-refractivity contribution is 5.53. The van der Waals surface area contributed by atoms with Crippen molar-refractivity contribution >= 4 is 0 Å². The highest BCUT2D eigenvalue weighted by atomic mass is 14.5. The van der Waals surface area contributed by atoms with Crippen LogP contribution in [0.3, 0.4) is 0 Å². The third kappa shape index (κ3) is 1.36. The van der Waals surface area contributed by atoms with Crippen molar-refractivity contribution in [3.63, 3.8) is 0 Å². The van der Waals surface area contributed by atoms with Crippen molar-refractivity contribution in [2.75, 3.05) is 0 Å². The molecule has 3 atom stereocenters. The van der Waals surface area contributed by atoms with Crippen molar-refractivity contribution in [1.29, 1.82) is 0 Å². The first-order valence-corrected chi connectivity index (χ1v) is 7.23. The normalized spacial score (nSPS) is 45.4. The molecule has 0 radical (unpaired) electrons. The molecule has 0 heterocycles. The first-order valence-electron chi connectivity index (χ1n) is 7.23. The van der Waals surface area contributed by atoms with E-state index >= 15 is 0 Å². The van der Waals surface area contributed by atoms with Crippen LogP contribution in [0.2, 0.25) is 0 Å². The molecule has 17 heavy (non-hydrogen) atoms. The number of fused-ring (bicyclic) bond motifs is 3. The van der Waals surface area contributed by atoms with Crippen molar-refractivity contribution in [3.8, 4) is 0 Å². The van der Waals surface area contributed by atoms with E-state index in [1.165, 1.54) is 38.5 Å². The monoisotopic (exact) mass is 224 g/mol. The molecule has 0 heteroatoms. The molecule has 4 aliphatic carbocycles. The predicted octanol–water partition coefficient (Wildman–Crippen LogP) is 4.57. The van der Waals surface area contributed by atoms with Crippen molar-refractivity contribution in [2.45, 2.75) is 38.5 Å². The maximum Gasteiger partial charge on any atom is -0.0119 e. The highest BCUT2D eigenvalue weighted by Crippen LogP contribution is 2.57. The maximum absolute atomic E-state index is 2.42. The standard InChI is InChI=1S/C17H20/c1-2-6-12-10-11-16-14-8-5-4-7-13(14)15(9-3-1)17(12)16/h1-3,6,9,13-14,16H,4-5,7-8,10-11H2/b2-1-,3-1?,6-2?,9-3-,12-6-,15-9?. The second-order valence-corrected chi connectivity index (χ2v) is 6.00. The Labute approximate surface area is 104 Å². The van der Waals surface area contributed by atoms with Crippen LogP contribution in [-0.4, -0.2) is 0 Å². The minimum Gasteiger partial charge on any atom is -0.0622 e. The summed E-state index contributed by atoms with van der Waals surface area (Å²) in [4.78, 5) is 0. The predicted molar refractivity (Wildman–Crippen MR) is 71.6 cm³/mol. The van der Waals surface area contributed by atoms with Gasteiger partial charge < -0.3 is 0 Å². The maximum atomic E-state index is 2.42. The summed E-state index contributed by atoms with van der Waals surface area (Å²) < 4.78 is 0. The summed E-state index contributed by atoms with van der Waals surface area (Å²) in [7, 11) is 0. The van der Waals surface area contributed by atoms with Gasteiger partial charge in [-0.2, -0.15) is 0 Å². The smallest absolute Gasteiger partial charge is 0.0119 e. The molecule has 2 saturated carbocycles. The summed E-state index contributed by atoms with van der Waals surface area (Å²) in [5, 5.41) is 0. The SMILES string of the molecule is C1=C\C=C2\CCC3C2=C(\C=C/1)C1CCCCC13. The van der Waals surface area contributed by atoms with Crippen molar-refractivity contribution in [2.24, 2.45) is 17.8 Å². The quantitative estimate of drug-likeness (QED) is 0.565. The van der Waals surface area contributed by atoms with E-state index in [4.69, 9.17) is 0 Å². The van der Waals surface area contributed by atoms with Gasteiger partial charge in [0.25, 0.3) is 0 Å². The molecule has 2 fully saturated rings. The lowest BCUT2D eigenvalue weighted by Gasteiger charge is -2.30. The van der Waals surface area contributed by atoms with Crippen LogP contribution in [0.1, 0.15) is 38.5 Å². The summed E-state index contributed by atoms with van der Waals surface area (Å²) in [5.74, 6) is 2.80. The second kappa shape index (κ2) is 3.73. The molecule has 4 aliphatic rings. The fraction of sp³-hybridized carbons (Fsp3) is 0.529. The molecule has 0 aromatic heterocycles. The lowest BCUT2D eigenvalue weighted by molar-refractivity contribution is 0.238. The summed E-state index contributed by atoms with van der Waals surface area (Å²) in [6.07, 6.45) is 20.1. The fourth-order valence-electron chi connectivity index (χ4n) is 4.66. The Morgan fingerprint density at radius 2 is 1.82 bits per heavy atom. The molecular weight excluding hydrogens is 204 g/mol. The van der Waals surface area contributed by atoms with Crippen LogP contribution in [0.25, 0.3) is 0 Å². The van der Waals surface area contributed by atoms with E-state index in [0.717, 1.165) is 17.8 Å². The molecule has 0 saturated heterocycles. The van der Waals surface area contributed by atoms with Crippen molar-refractivity contribution < 1.29 is 0 Å². The molecule has 0 N–H and O–H groups in total. The van der Waals surface area contributed by atoms with Gasteiger partial charge >= 0.3 is 0 Å². The topological polar surface area (TPSA) is 0 Å². The molecule has 3 unspecified atom stereocenters. The van der Waals surface area contributed by atoms with Crippen LogP contribution >= 0.6 is 0 Å². The first kappa shape index (κ1) is 9.94. The Morgan fingerprint density at radius 1 is 0.882 bits per heavy atom. The molecule has 4 rings (SSSR count). The molecule has 0 aromatic rings. The van der Waals surface area contributed by atoms with Gasteiger partial charge in [0, 0.05) is 0 Å². The van der Waals surface area contributed by atoms with Crippen LogP contribution < -0.4 is 0 Å². The zero-order valence-corrected chi connectivity index (χ0v) is 10.4. The van der Waals surface area contributed by atoms with Crippen LogP contribution in [0.5, 0.6) is 0 Å². The minimum atomic E-state index is 0.898. The van der Waals surface area contributed by atoms with E-state index in [-0.39, 0.29) is 0 Å². The van der Waals surface area contributed by atoms with Gasteiger partial charge in [-0.15, -0.1) is 0 Å². The van der Waals surface area contributed by atoms with Crippen LogP contribution in [0, 0.1) is 17.8 Å². The summed E-state index contributed by atoms with van der Waals surface area (Å²) in [6, 6.07) is 0. The number of hydrogen-bond donors (Lipinski definition) is 0. The van der Waals surface area contributed by atoms with Crippen LogP contribution in [0.15, 0.2) is 47.1 Å². The van der Waals surface area contributed by atoms with Crippen molar-refractivity contribution in [3.05, 3.63) is 47.1 Å². The van der Waals surface area contributed by atoms with Gasteiger partial charge in [0.15, 0.2) is 0 Å². The lowest BCUT2D eigenvalue weighted by Crippen LogP contribution is -2.20. The fourth-order valence-corrected chi connectivity index (χ4v) is 4.66. The Bertz CT molecular complexity index is 458. The zero-order chi connectivity index (χ0) is 11.2. The Hall–Kier alpha value is -1.04. The second-order valence-electron chi connectivity index (χ2n) is 6.00. The average Bonchev–Trinajstić information content (AvgIpc) is 2.84. The first-order chi connectivity index (χ1) is 8.45. The highest BCUT2D eigenvalue weighted by Gasteiger charge is 2.45. The van der Waals surface area contributed by atoms with Gasteiger partial charge in [0.1, 0.15) is 0 Å². The van der Waals surface area contributed by atoms with E-state index in [1.807, 2.05) is 0 Å². The van der Waals surface area contributed by atoms with Gasteiger partial charge in [-0.3, -0.25) is 0 Å². The van der Waals surface area contributed by atoms with Crippen molar-refractivity contribution in [1.82, 2.24) is 0 Å². The third-order valence-corrected chi connectivity index (χ3v) is 5.28. The summed E-state index contributed by atoms with van der Waals surface area (Å²) in [5.41, 5.74) is 5.13. The molecular formula is C17H20. The van der Waals surface area contributed by atoms with E-state index in [2.05, 4.69) is 30.4 Å². The molecule has 0 aliphatic heterocycles. The molecule has 0 nitrogen and oxygen atoms in total.